The highest BCUT2D eigenvalue weighted by Crippen LogP contribution is 2.34. The van der Waals surface area contributed by atoms with Crippen LogP contribution in [0.15, 0.2) is 18.5 Å². The molecule has 32 heavy (non-hydrogen) atoms. The molecule has 9 nitrogen and oxygen atoms in total. The number of fused-ring (bicyclic) bond motifs is 1. The van der Waals surface area contributed by atoms with Crippen molar-refractivity contribution in [1.29, 1.82) is 0 Å². The summed E-state index contributed by atoms with van der Waals surface area (Å²) in [5, 5.41) is 9.95. The summed E-state index contributed by atoms with van der Waals surface area (Å²) in [5.74, 6) is -1.66. The second-order valence-corrected chi connectivity index (χ2v) is 8.92. The average molecular weight is 464 g/mol. The zero-order chi connectivity index (χ0) is 23.0. The van der Waals surface area contributed by atoms with E-state index >= 15 is 4.39 Å². The molecule has 1 saturated heterocycles. The lowest BCUT2D eigenvalue weighted by molar-refractivity contribution is 0.102. The van der Waals surface area contributed by atoms with Gasteiger partial charge in [0.15, 0.2) is 11.6 Å². The van der Waals surface area contributed by atoms with Gasteiger partial charge in [0.2, 0.25) is 5.82 Å². The Morgan fingerprint density at radius 3 is 2.66 bits per heavy atom. The van der Waals surface area contributed by atoms with Gasteiger partial charge in [-0.3, -0.25) is 13.7 Å². The number of aromatic nitrogens is 3. The number of methoxy groups -OCH3 is 1. The highest BCUT2D eigenvalue weighted by atomic mass is 32.2. The molecule has 1 fully saturated rings. The highest BCUT2D eigenvalue weighted by molar-refractivity contribution is 7.85. The van der Waals surface area contributed by atoms with Crippen LogP contribution in [0.1, 0.15) is 10.4 Å². The number of ether oxygens (including phenoxy) is 1. The van der Waals surface area contributed by atoms with E-state index in [4.69, 9.17) is 4.74 Å². The van der Waals surface area contributed by atoms with Crippen LogP contribution in [0.3, 0.4) is 0 Å². The van der Waals surface area contributed by atoms with Crippen LogP contribution < -0.4 is 20.3 Å². The lowest BCUT2D eigenvalue weighted by Gasteiger charge is -2.29. The highest BCUT2D eigenvalue weighted by Gasteiger charge is 2.26. The molecule has 0 aliphatic carbocycles. The monoisotopic (exact) mass is 464 g/mol. The van der Waals surface area contributed by atoms with E-state index in [1.54, 1.807) is 13.2 Å². The first-order valence-electron chi connectivity index (χ1n) is 9.81. The van der Waals surface area contributed by atoms with Crippen molar-refractivity contribution >= 4 is 44.8 Å². The minimum atomic E-state index is -0.884. The van der Waals surface area contributed by atoms with Crippen molar-refractivity contribution in [3.05, 3.63) is 35.7 Å². The van der Waals surface area contributed by atoms with Gasteiger partial charge in [-0.15, -0.1) is 0 Å². The molecule has 2 aromatic heterocycles. The Morgan fingerprint density at radius 2 is 2.00 bits per heavy atom. The summed E-state index contributed by atoms with van der Waals surface area (Å²) in [6, 6.07) is 1.29. The van der Waals surface area contributed by atoms with Gasteiger partial charge in [0.05, 0.1) is 19.0 Å². The van der Waals surface area contributed by atoms with Crippen LogP contribution in [0.2, 0.25) is 0 Å². The molecule has 3 aromatic rings. The van der Waals surface area contributed by atoms with E-state index in [1.807, 2.05) is 4.90 Å². The fraction of sp³-hybridized carbons (Fsp3) is 0.350. The number of aryl methyl sites for hydroxylation is 1. The first-order chi connectivity index (χ1) is 15.3. The SMILES string of the molecule is CNc1ncc(NC(=O)c2c(F)cc(N3CCS(=O)CC3)c3cn(C)nc23)c(OC)c1F. The molecule has 0 saturated carbocycles. The molecule has 170 valence electrons. The summed E-state index contributed by atoms with van der Waals surface area (Å²) < 4.78 is 48.0. The summed E-state index contributed by atoms with van der Waals surface area (Å²) in [5.41, 5.74) is 0.443. The molecule has 1 aliphatic rings. The predicted molar refractivity (Wildman–Crippen MR) is 119 cm³/mol. The number of anilines is 3. The van der Waals surface area contributed by atoms with E-state index in [1.165, 1.54) is 31.1 Å². The topological polar surface area (TPSA) is 101 Å². The Labute approximate surface area is 185 Å². The summed E-state index contributed by atoms with van der Waals surface area (Å²) in [6.07, 6.45) is 2.93. The molecule has 4 rings (SSSR count). The molecule has 0 radical (unpaired) electrons. The van der Waals surface area contributed by atoms with Crippen molar-refractivity contribution in [1.82, 2.24) is 14.8 Å². The van der Waals surface area contributed by atoms with Crippen LogP contribution >= 0.6 is 0 Å². The number of amides is 1. The maximum Gasteiger partial charge on any atom is 0.261 e. The summed E-state index contributed by atoms with van der Waals surface area (Å²) in [6.45, 7) is 1.03. The first-order valence-corrected chi connectivity index (χ1v) is 11.3. The predicted octanol–water partition coefficient (Wildman–Crippen LogP) is 2.12. The maximum atomic E-state index is 15.2. The number of nitrogens with one attached hydrogen (secondary N) is 2. The lowest BCUT2D eigenvalue weighted by Crippen LogP contribution is -2.38. The van der Waals surface area contributed by atoms with Gasteiger partial charge in [-0.25, -0.2) is 9.37 Å². The quantitative estimate of drug-likeness (QED) is 0.597. The van der Waals surface area contributed by atoms with E-state index < -0.39 is 28.3 Å². The Kier molecular flexibility index (Phi) is 5.96. The maximum absolute atomic E-state index is 15.2. The van der Waals surface area contributed by atoms with Crippen LogP contribution in [0, 0.1) is 11.6 Å². The van der Waals surface area contributed by atoms with Crippen molar-refractivity contribution < 1.29 is 22.5 Å². The fourth-order valence-electron chi connectivity index (χ4n) is 3.72. The van der Waals surface area contributed by atoms with E-state index in [0.29, 0.717) is 35.7 Å². The second kappa shape index (κ2) is 8.69. The van der Waals surface area contributed by atoms with Crippen LogP contribution in [0.4, 0.5) is 26.0 Å². The van der Waals surface area contributed by atoms with Gasteiger partial charge >= 0.3 is 0 Å². The molecule has 12 heteroatoms. The minimum absolute atomic E-state index is 0.0416. The minimum Gasteiger partial charge on any atom is -0.491 e. The standard InChI is InChI=1S/C20H22F2N6O3S/c1-23-19-16(22)18(31-3)13(9-24-19)25-20(29)15-12(21)8-14(11-10-27(2)26-17(11)15)28-4-6-32(30)7-5-28/h8-10H,4-7H2,1-3H3,(H,23,24)(H,25,29). The Bertz CT molecular complexity index is 1220. The van der Waals surface area contributed by atoms with Gasteiger partial charge in [0, 0.05) is 61.1 Å². The number of halogens is 2. The fourth-order valence-corrected chi connectivity index (χ4v) is 4.77. The van der Waals surface area contributed by atoms with Gasteiger partial charge in [-0.1, -0.05) is 0 Å². The Balaban J connectivity index is 1.75. The van der Waals surface area contributed by atoms with E-state index in [-0.39, 0.29) is 28.3 Å². The smallest absolute Gasteiger partial charge is 0.261 e. The van der Waals surface area contributed by atoms with E-state index in [0.717, 1.165) is 0 Å². The third-order valence-electron chi connectivity index (χ3n) is 5.25. The Morgan fingerprint density at radius 1 is 1.28 bits per heavy atom. The van der Waals surface area contributed by atoms with Gasteiger partial charge in [-0.05, 0) is 6.07 Å². The first kappa shape index (κ1) is 21.9. The Hall–Kier alpha value is -3.28. The molecule has 1 amide bonds. The molecule has 2 N–H and O–H groups in total. The van der Waals surface area contributed by atoms with E-state index in [2.05, 4.69) is 20.7 Å². The van der Waals surface area contributed by atoms with Crippen LogP contribution in [-0.2, 0) is 17.8 Å². The lowest BCUT2D eigenvalue weighted by atomic mass is 10.1. The van der Waals surface area contributed by atoms with Crippen LogP contribution in [0.25, 0.3) is 10.9 Å². The van der Waals surface area contributed by atoms with Gasteiger partial charge in [-0.2, -0.15) is 9.49 Å². The van der Waals surface area contributed by atoms with Gasteiger partial charge < -0.3 is 20.3 Å². The third-order valence-corrected chi connectivity index (χ3v) is 6.53. The van der Waals surface area contributed by atoms with Crippen molar-refractivity contribution in [3.8, 4) is 5.75 Å². The number of pyridine rings is 1. The number of hydrogen-bond donors (Lipinski definition) is 2. The zero-order valence-corrected chi connectivity index (χ0v) is 18.6. The number of nitrogens with zero attached hydrogens (tertiary/aromatic N) is 4. The second-order valence-electron chi connectivity index (χ2n) is 7.22. The van der Waals surface area contributed by atoms with Crippen LogP contribution in [-0.4, -0.2) is 63.6 Å². The zero-order valence-electron chi connectivity index (χ0n) is 17.7. The molecule has 0 unspecified atom stereocenters. The molecule has 1 aromatic carbocycles. The molecule has 3 heterocycles. The van der Waals surface area contributed by atoms with Gasteiger partial charge in [0.25, 0.3) is 5.91 Å². The molecule has 0 spiro atoms. The van der Waals surface area contributed by atoms with E-state index in [9.17, 15) is 13.4 Å². The number of carbonyl (C=O) groups excluding carboxylic acids is 1. The molecule has 0 atom stereocenters. The number of hydrogen-bond acceptors (Lipinski definition) is 7. The third kappa shape index (κ3) is 3.85. The van der Waals surface area contributed by atoms with Gasteiger partial charge in [0.1, 0.15) is 22.6 Å². The molecular formula is C20H22F2N6O3S. The van der Waals surface area contributed by atoms with Crippen molar-refractivity contribution in [2.24, 2.45) is 7.05 Å². The van der Waals surface area contributed by atoms with Crippen molar-refractivity contribution in [2.75, 3.05) is 54.3 Å². The molecule has 1 aliphatic heterocycles. The summed E-state index contributed by atoms with van der Waals surface area (Å²) in [7, 11) is 3.54. The number of carbonyl (C=O) groups is 1. The van der Waals surface area contributed by atoms with Crippen molar-refractivity contribution in [2.45, 2.75) is 0 Å². The number of rotatable bonds is 5. The molecular weight excluding hydrogens is 442 g/mol. The van der Waals surface area contributed by atoms with Crippen molar-refractivity contribution in [3.63, 3.8) is 0 Å². The summed E-state index contributed by atoms with van der Waals surface area (Å²) >= 11 is 0. The molecule has 0 bridgehead atoms. The number of benzene rings is 1. The normalized spacial score (nSPS) is 14.6. The largest absolute Gasteiger partial charge is 0.491 e. The van der Waals surface area contributed by atoms with Crippen LogP contribution in [0.5, 0.6) is 5.75 Å². The summed E-state index contributed by atoms with van der Waals surface area (Å²) in [4.78, 5) is 18.9. The average Bonchev–Trinajstić information content (AvgIpc) is 3.15.